The van der Waals surface area contributed by atoms with Gasteiger partial charge in [0.25, 0.3) is 0 Å². The fraction of sp³-hybridized carbons (Fsp3) is 0.208. The lowest BCUT2D eigenvalue weighted by atomic mass is 10.1. The van der Waals surface area contributed by atoms with E-state index in [0.717, 1.165) is 28.3 Å². The van der Waals surface area contributed by atoms with Crippen LogP contribution in [-0.2, 0) is 14.3 Å². The second-order valence-corrected chi connectivity index (χ2v) is 6.70. The van der Waals surface area contributed by atoms with Crippen LogP contribution in [0, 0.1) is 0 Å². The molecule has 3 rings (SSSR count). The average molecular weight is 404 g/mol. The Morgan fingerprint density at radius 3 is 2.27 bits per heavy atom. The molecule has 0 fully saturated rings. The number of amides is 1. The van der Waals surface area contributed by atoms with E-state index in [1.165, 1.54) is 7.11 Å². The van der Waals surface area contributed by atoms with Gasteiger partial charge in [-0.25, -0.2) is 4.98 Å². The van der Waals surface area contributed by atoms with Gasteiger partial charge in [-0.1, -0.05) is 30.3 Å². The van der Waals surface area contributed by atoms with E-state index in [1.54, 1.807) is 7.11 Å². The largest absolute Gasteiger partial charge is 0.497 e. The van der Waals surface area contributed by atoms with Gasteiger partial charge in [-0.2, -0.15) is 0 Å². The molecule has 0 aliphatic heterocycles. The Morgan fingerprint density at radius 2 is 1.57 bits per heavy atom. The van der Waals surface area contributed by atoms with Crippen LogP contribution in [0.2, 0.25) is 0 Å². The van der Waals surface area contributed by atoms with E-state index in [4.69, 9.17) is 9.72 Å². The molecule has 0 aliphatic rings. The number of pyridine rings is 1. The molecule has 30 heavy (non-hydrogen) atoms. The zero-order valence-electron chi connectivity index (χ0n) is 17.1. The van der Waals surface area contributed by atoms with Crippen LogP contribution < -0.4 is 10.1 Å². The smallest absolute Gasteiger partial charge is 0.305 e. The van der Waals surface area contributed by atoms with Crippen molar-refractivity contribution in [3.63, 3.8) is 0 Å². The summed E-state index contributed by atoms with van der Waals surface area (Å²) in [5, 5.41) is 2.84. The van der Waals surface area contributed by atoms with Crippen LogP contribution in [0.1, 0.15) is 19.3 Å². The molecule has 0 radical (unpaired) electrons. The van der Waals surface area contributed by atoms with Gasteiger partial charge in [-0.3, -0.25) is 9.59 Å². The summed E-state index contributed by atoms with van der Waals surface area (Å²) in [5.41, 5.74) is 4.32. The highest BCUT2D eigenvalue weighted by atomic mass is 16.5. The van der Waals surface area contributed by atoms with Crippen LogP contribution in [0.15, 0.2) is 66.7 Å². The predicted molar refractivity (Wildman–Crippen MR) is 116 cm³/mol. The molecule has 0 bridgehead atoms. The monoisotopic (exact) mass is 404 g/mol. The number of aromatic nitrogens is 1. The molecule has 1 heterocycles. The van der Waals surface area contributed by atoms with Gasteiger partial charge in [-0.15, -0.1) is 0 Å². The van der Waals surface area contributed by atoms with Gasteiger partial charge in [-0.05, 0) is 42.8 Å². The minimum absolute atomic E-state index is 0.134. The maximum absolute atomic E-state index is 12.0. The number of methoxy groups -OCH3 is 2. The molecule has 1 amide bonds. The lowest BCUT2D eigenvalue weighted by molar-refractivity contribution is -0.140. The van der Waals surface area contributed by atoms with E-state index in [9.17, 15) is 9.59 Å². The molecule has 0 saturated heterocycles. The summed E-state index contributed by atoms with van der Waals surface area (Å²) in [5.74, 6) is 0.340. The highest BCUT2D eigenvalue weighted by Crippen LogP contribution is 2.26. The van der Waals surface area contributed by atoms with Crippen LogP contribution in [0.25, 0.3) is 22.5 Å². The number of rotatable bonds is 8. The zero-order chi connectivity index (χ0) is 21.3. The highest BCUT2D eigenvalue weighted by Gasteiger charge is 2.07. The number of nitrogens with zero attached hydrogens (tertiary/aromatic N) is 1. The normalized spacial score (nSPS) is 10.3. The van der Waals surface area contributed by atoms with Crippen LogP contribution in [0.5, 0.6) is 5.75 Å². The van der Waals surface area contributed by atoms with Crippen molar-refractivity contribution in [3.8, 4) is 28.3 Å². The van der Waals surface area contributed by atoms with Gasteiger partial charge < -0.3 is 14.8 Å². The molecule has 1 aromatic heterocycles. The van der Waals surface area contributed by atoms with Crippen molar-refractivity contribution in [3.05, 3.63) is 66.7 Å². The average Bonchev–Trinajstić information content (AvgIpc) is 2.79. The molecular weight excluding hydrogens is 380 g/mol. The van der Waals surface area contributed by atoms with Crippen molar-refractivity contribution >= 4 is 17.6 Å². The maximum atomic E-state index is 12.0. The molecule has 6 nitrogen and oxygen atoms in total. The summed E-state index contributed by atoms with van der Waals surface area (Å²) in [4.78, 5) is 27.9. The standard InChI is InChI=1S/C24H24N2O4/c1-29-20-7-3-6-18(16-20)22-9-4-8-21(26-22)17-12-14-19(15-13-17)25-23(27)10-5-11-24(28)30-2/h3-4,6-9,12-16H,5,10-11H2,1-2H3,(H,25,27). The van der Waals surface area contributed by atoms with E-state index in [0.29, 0.717) is 12.1 Å². The van der Waals surface area contributed by atoms with Crippen LogP contribution in [-0.4, -0.2) is 31.1 Å². The molecule has 154 valence electrons. The lowest BCUT2D eigenvalue weighted by Crippen LogP contribution is -2.12. The molecule has 0 aliphatic carbocycles. The van der Waals surface area contributed by atoms with E-state index < -0.39 is 0 Å². The Kier molecular flexibility index (Phi) is 7.16. The Bertz CT molecular complexity index is 1020. The zero-order valence-corrected chi connectivity index (χ0v) is 17.1. The molecule has 0 saturated carbocycles. The number of hydrogen-bond donors (Lipinski definition) is 1. The quantitative estimate of drug-likeness (QED) is 0.551. The molecular formula is C24H24N2O4. The Morgan fingerprint density at radius 1 is 0.867 bits per heavy atom. The number of nitrogens with one attached hydrogen (secondary N) is 1. The second kappa shape index (κ2) is 10.2. The summed E-state index contributed by atoms with van der Waals surface area (Å²) in [6, 6.07) is 21.2. The third kappa shape index (κ3) is 5.67. The van der Waals surface area contributed by atoms with Gasteiger partial charge in [0.1, 0.15) is 5.75 Å². The maximum Gasteiger partial charge on any atom is 0.305 e. The number of carbonyl (C=O) groups is 2. The third-order valence-corrected chi connectivity index (χ3v) is 4.59. The van der Waals surface area contributed by atoms with Gasteiger partial charge in [0.2, 0.25) is 5.91 Å². The van der Waals surface area contributed by atoms with Gasteiger partial charge in [0, 0.05) is 29.7 Å². The van der Waals surface area contributed by atoms with Crippen molar-refractivity contribution < 1.29 is 19.1 Å². The number of ether oxygens (including phenoxy) is 2. The molecule has 1 N–H and O–H groups in total. The third-order valence-electron chi connectivity index (χ3n) is 4.59. The molecule has 2 aromatic carbocycles. The van der Waals surface area contributed by atoms with E-state index in [-0.39, 0.29) is 24.7 Å². The summed E-state index contributed by atoms with van der Waals surface area (Å²) >= 11 is 0. The molecule has 6 heteroatoms. The van der Waals surface area contributed by atoms with E-state index in [1.807, 2.05) is 66.7 Å². The van der Waals surface area contributed by atoms with Crippen LogP contribution in [0.4, 0.5) is 5.69 Å². The summed E-state index contributed by atoms with van der Waals surface area (Å²) in [6.45, 7) is 0. The second-order valence-electron chi connectivity index (χ2n) is 6.70. The van der Waals surface area contributed by atoms with Gasteiger partial charge in [0.05, 0.1) is 25.6 Å². The summed E-state index contributed by atoms with van der Waals surface area (Å²) < 4.78 is 9.86. The van der Waals surface area contributed by atoms with Crippen molar-refractivity contribution in [2.45, 2.75) is 19.3 Å². The first-order chi connectivity index (χ1) is 14.6. The van der Waals surface area contributed by atoms with Crippen molar-refractivity contribution in [1.82, 2.24) is 4.98 Å². The van der Waals surface area contributed by atoms with Crippen molar-refractivity contribution in [2.24, 2.45) is 0 Å². The fourth-order valence-corrected chi connectivity index (χ4v) is 2.98. The van der Waals surface area contributed by atoms with Gasteiger partial charge >= 0.3 is 5.97 Å². The SMILES string of the molecule is COC(=O)CCCC(=O)Nc1ccc(-c2cccc(-c3cccc(OC)c3)n2)cc1. The topological polar surface area (TPSA) is 77.5 Å². The summed E-state index contributed by atoms with van der Waals surface area (Å²) in [6.07, 6.45) is 0.955. The fourth-order valence-electron chi connectivity index (χ4n) is 2.98. The first-order valence-corrected chi connectivity index (χ1v) is 9.67. The molecule has 0 unspecified atom stereocenters. The van der Waals surface area contributed by atoms with E-state index in [2.05, 4.69) is 10.1 Å². The lowest BCUT2D eigenvalue weighted by Gasteiger charge is -2.08. The Labute approximate surface area is 175 Å². The van der Waals surface area contributed by atoms with Crippen molar-refractivity contribution in [2.75, 3.05) is 19.5 Å². The molecule has 0 spiro atoms. The number of benzene rings is 2. The first-order valence-electron chi connectivity index (χ1n) is 9.67. The number of carbonyl (C=O) groups excluding carboxylic acids is 2. The van der Waals surface area contributed by atoms with Gasteiger partial charge in [0.15, 0.2) is 0 Å². The van der Waals surface area contributed by atoms with Crippen molar-refractivity contribution in [1.29, 1.82) is 0 Å². The Balaban J connectivity index is 1.66. The van der Waals surface area contributed by atoms with Crippen LogP contribution >= 0.6 is 0 Å². The first kappa shape index (κ1) is 21.0. The Hall–Kier alpha value is -3.67. The number of hydrogen-bond acceptors (Lipinski definition) is 5. The molecule has 3 aromatic rings. The summed E-state index contributed by atoms with van der Waals surface area (Å²) in [7, 11) is 2.98. The number of anilines is 1. The molecule has 0 atom stereocenters. The number of esters is 1. The van der Waals surface area contributed by atoms with Crippen LogP contribution in [0.3, 0.4) is 0 Å². The highest BCUT2D eigenvalue weighted by molar-refractivity contribution is 5.91. The minimum Gasteiger partial charge on any atom is -0.497 e. The van der Waals surface area contributed by atoms with E-state index >= 15 is 0 Å². The minimum atomic E-state index is -0.309. The predicted octanol–water partition coefficient (Wildman–Crippen LogP) is 4.71.